The first-order valence-corrected chi connectivity index (χ1v) is 8.75. The Hall–Kier alpha value is -2.75. The van der Waals surface area contributed by atoms with Gasteiger partial charge in [-0.25, -0.2) is 0 Å². The van der Waals surface area contributed by atoms with Crippen LogP contribution in [0.1, 0.15) is 18.6 Å². The zero-order chi connectivity index (χ0) is 18.5. The lowest BCUT2D eigenvalue weighted by atomic mass is 10.2. The molecule has 0 spiro atoms. The van der Waals surface area contributed by atoms with Gasteiger partial charge in [-0.2, -0.15) is 4.98 Å². The molecule has 3 aromatic rings. The second-order valence-electron chi connectivity index (χ2n) is 5.03. The van der Waals surface area contributed by atoms with Gasteiger partial charge in [0.2, 0.25) is 17.5 Å². The van der Waals surface area contributed by atoms with Gasteiger partial charge in [-0.05, 0) is 12.1 Å². The van der Waals surface area contributed by atoms with Gasteiger partial charge in [-0.3, -0.25) is 0 Å². The lowest BCUT2D eigenvalue weighted by molar-refractivity contribution is 0.324. The molecule has 1 aromatic carbocycles. The Balaban J connectivity index is 1.78. The predicted molar refractivity (Wildman–Crippen MR) is 92.6 cm³/mol. The summed E-state index contributed by atoms with van der Waals surface area (Å²) in [5.41, 5.74) is 0.657. The highest BCUT2D eigenvalue weighted by Gasteiger charge is 2.18. The van der Waals surface area contributed by atoms with Gasteiger partial charge in [0, 0.05) is 12.0 Å². The van der Waals surface area contributed by atoms with Gasteiger partial charge >= 0.3 is 0 Å². The molecule has 0 unspecified atom stereocenters. The second kappa shape index (κ2) is 8.09. The van der Waals surface area contributed by atoms with E-state index in [1.807, 2.05) is 6.92 Å². The fraction of sp³-hybridized carbons (Fsp3) is 0.375. The molecule has 3 rings (SSSR count). The Morgan fingerprint density at radius 1 is 1.04 bits per heavy atom. The molecule has 9 nitrogen and oxygen atoms in total. The zero-order valence-electron chi connectivity index (χ0n) is 14.8. The van der Waals surface area contributed by atoms with Crippen LogP contribution in [0.4, 0.5) is 0 Å². The summed E-state index contributed by atoms with van der Waals surface area (Å²) >= 11 is 1.32. The van der Waals surface area contributed by atoms with Crippen LogP contribution >= 0.6 is 11.8 Å². The zero-order valence-corrected chi connectivity index (χ0v) is 15.6. The first-order valence-electron chi connectivity index (χ1n) is 7.76. The SMILES string of the molecule is CCc1noc(CSc2nnc(-c3cc(OC)c(OC)c(OC)c3)o2)n1. The monoisotopic (exact) mass is 378 g/mol. The van der Waals surface area contributed by atoms with Gasteiger partial charge in [0.25, 0.3) is 5.22 Å². The molecule has 2 heterocycles. The van der Waals surface area contributed by atoms with Crippen molar-refractivity contribution in [2.24, 2.45) is 0 Å². The van der Waals surface area contributed by atoms with E-state index >= 15 is 0 Å². The summed E-state index contributed by atoms with van der Waals surface area (Å²) in [4.78, 5) is 4.24. The van der Waals surface area contributed by atoms with Crippen molar-refractivity contribution in [2.45, 2.75) is 24.3 Å². The quantitative estimate of drug-likeness (QED) is 0.543. The number of hydrogen-bond donors (Lipinski definition) is 0. The van der Waals surface area contributed by atoms with E-state index in [1.165, 1.54) is 11.8 Å². The minimum Gasteiger partial charge on any atom is -0.493 e. The molecule has 0 saturated carbocycles. The summed E-state index contributed by atoms with van der Waals surface area (Å²) in [5, 5.41) is 12.3. The Kier molecular flexibility index (Phi) is 5.61. The lowest BCUT2D eigenvalue weighted by Gasteiger charge is -2.12. The topological polar surface area (TPSA) is 106 Å². The summed E-state index contributed by atoms with van der Waals surface area (Å²) in [6.07, 6.45) is 0.722. The molecule has 0 atom stereocenters. The second-order valence-corrected chi connectivity index (χ2v) is 5.96. The van der Waals surface area contributed by atoms with Crippen LogP contribution in [0.2, 0.25) is 0 Å². The molecule has 0 bridgehead atoms. The maximum Gasteiger partial charge on any atom is 0.277 e. The predicted octanol–water partition coefficient (Wildman–Crippen LogP) is 3.00. The molecule has 26 heavy (non-hydrogen) atoms. The van der Waals surface area contributed by atoms with E-state index in [-0.39, 0.29) is 0 Å². The third kappa shape index (κ3) is 3.74. The highest BCUT2D eigenvalue weighted by atomic mass is 32.2. The summed E-state index contributed by atoms with van der Waals surface area (Å²) in [7, 11) is 4.64. The van der Waals surface area contributed by atoms with Crippen LogP contribution in [0.5, 0.6) is 17.2 Å². The van der Waals surface area contributed by atoms with Gasteiger partial charge in [-0.15, -0.1) is 10.2 Å². The summed E-state index contributed by atoms with van der Waals surface area (Å²) < 4.78 is 26.8. The highest BCUT2D eigenvalue weighted by molar-refractivity contribution is 7.98. The average molecular weight is 378 g/mol. The summed E-state index contributed by atoms with van der Waals surface area (Å²) in [5.74, 6) is 3.48. The van der Waals surface area contributed by atoms with Crippen LogP contribution < -0.4 is 14.2 Å². The van der Waals surface area contributed by atoms with Crippen molar-refractivity contribution in [1.82, 2.24) is 20.3 Å². The number of aromatic nitrogens is 4. The van der Waals surface area contributed by atoms with E-state index in [2.05, 4.69) is 20.3 Å². The first kappa shape index (κ1) is 18.1. The molecule has 0 amide bonds. The van der Waals surface area contributed by atoms with Crippen LogP contribution in [-0.4, -0.2) is 41.7 Å². The van der Waals surface area contributed by atoms with E-state index in [0.717, 1.165) is 6.42 Å². The smallest absolute Gasteiger partial charge is 0.277 e. The van der Waals surface area contributed by atoms with E-state index < -0.39 is 0 Å². The average Bonchev–Trinajstić information content (AvgIpc) is 3.34. The summed E-state index contributed by atoms with van der Waals surface area (Å²) in [6, 6.07) is 3.49. The van der Waals surface area contributed by atoms with Gasteiger partial charge < -0.3 is 23.2 Å². The number of thioether (sulfide) groups is 1. The standard InChI is InChI=1S/C16H18N4O5S/c1-5-12-17-13(25-20-12)8-26-16-19-18-15(24-16)9-6-10(21-2)14(23-4)11(7-9)22-3/h6-7H,5,8H2,1-4H3. The fourth-order valence-electron chi connectivity index (χ4n) is 2.21. The molecule has 0 saturated heterocycles. The lowest BCUT2D eigenvalue weighted by Crippen LogP contribution is -1.95. The summed E-state index contributed by atoms with van der Waals surface area (Å²) in [6.45, 7) is 1.96. The van der Waals surface area contributed by atoms with Gasteiger partial charge in [-0.1, -0.05) is 23.8 Å². The minimum atomic E-state index is 0.339. The largest absolute Gasteiger partial charge is 0.493 e. The molecule has 2 aromatic heterocycles. The van der Waals surface area contributed by atoms with Crippen molar-refractivity contribution >= 4 is 11.8 Å². The number of benzene rings is 1. The Morgan fingerprint density at radius 3 is 2.35 bits per heavy atom. The van der Waals surface area contributed by atoms with Gasteiger partial charge in [0.05, 0.1) is 27.1 Å². The van der Waals surface area contributed by atoms with E-state index in [9.17, 15) is 0 Å². The molecule has 0 aliphatic heterocycles. The Bertz CT molecular complexity index is 854. The van der Waals surface area contributed by atoms with E-state index in [1.54, 1.807) is 33.5 Å². The Morgan fingerprint density at radius 2 is 1.77 bits per heavy atom. The van der Waals surface area contributed by atoms with E-state index in [0.29, 0.717) is 51.4 Å². The van der Waals surface area contributed by atoms with Crippen LogP contribution in [-0.2, 0) is 12.2 Å². The number of nitrogens with zero attached hydrogens (tertiary/aromatic N) is 4. The minimum absolute atomic E-state index is 0.339. The number of hydrogen-bond acceptors (Lipinski definition) is 10. The van der Waals surface area contributed by atoms with Crippen molar-refractivity contribution in [2.75, 3.05) is 21.3 Å². The molecule has 0 N–H and O–H groups in total. The normalized spacial score (nSPS) is 10.8. The molecular formula is C16H18N4O5S. The molecule has 0 radical (unpaired) electrons. The fourth-order valence-corrected chi connectivity index (χ4v) is 2.81. The maximum atomic E-state index is 5.70. The third-order valence-corrected chi connectivity index (χ3v) is 4.27. The van der Waals surface area contributed by atoms with Crippen molar-refractivity contribution in [3.05, 3.63) is 23.8 Å². The number of ether oxygens (including phenoxy) is 3. The van der Waals surface area contributed by atoms with Crippen LogP contribution in [0.3, 0.4) is 0 Å². The van der Waals surface area contributed by atoms with Gasteiger partial charge in [0.1, 0.15) is 0 Å². The van der Waals surface area contributed by atoms with Gasteiger partial charge in [0.15, 0.2) is 17.3 Å². The van der Waals surface area contributed by atoms with Crippen molar-refractivity contribution in [3.8, 4) is 28.7 Å². The van der Waals surface area contributed by atoms with Crippen molar-refractivity contribution < 1.29 is 23.2 Å². The van der Waals surface area contributed by atoms with Crippen LogP contribution in [0, 0.1) is 0 Å². The van der Waals surface area contributed by atoms with Crippen molar-refractivity contribution in [3.63, 3.8) is 0 Å². The van der Waals surface area contributed by atoms with Crippen molar-refractivity contribution in [1.29, 1.82) is 0 Å². The molecule has 0 aliphatic rings. The first-order chi connectivity index (χ1) is 12.7. The highest BCUT2D eigenvalue weighted by Crippen LogP contribution is 2.41. The number of methoxy groups -OCH3 is 3. The Labute approximate surface area is 154 Å². The van der Waals surface area contributed by atoms with Crippen LogP contribution in [0.15, 0.2) is 26.3 Å². The molecule has 0 fully saturated rings. The maximum absolute atomic E-state index is 5.70. The number of aryl methyl sites for hydroxylation is 1. The molecule has 0 aliphatic carbocycles. The molecule has 10 heteroatoms. The third-order valence-electron chi connectivity index (χ3n) is 3.46. The van der Waals surface area contributed by atoms with Crippen LogP contribution in [0.25, 0.3) is 11.5 Å². The molecule has 138 valence electrons. The van der Waals surface area contributed by atoms with E-state index in [4.69, 9.17) is 23.2 Å². The molecular weight excluding hydrogens is 360 g/mol. The number of rotatable bonds is 8.